The highest BCUT2D eigenvalue weighted by Gasteiger charge is 2.15. The van der Waals surface area contributed by atoms with Gasteiger partial charge >= 0.3 is 6.03 Å². The minimum Gasteiger partial charge on any atom is -0.338 e. The van der Waals surface area contributed by atoms with Crippen LogP contribution in [0.4, 0.5) is 4.79 Å². The SMILES string of the molecule is Cc1ccccc1-c1nnc(SCC(=O)NC(=O)NCC(C)C)n1C. The predicted molar refractivity (Wildman–Crippen MR) is 98.3 cm³/mol. The number of urea groups is 1. The molecule has 1 aromatic carbocycles. The fourth-order valence-corrected chi connectivity index (χ4v) is 2.84. The van der Waals surface area contributed by atoms with Crippen LogP contribution in [-0.2, 0) is 11.8 Å². The number of imide groups is 1. The smallest absolute Gasteiger partial charge is 0.321 e. The third-order valence-electron chi connectivity index (χ3n) is 3.48. The number of hydrogen-bond acceptors (Lipinski definition) is 5. The molecule has 25 heavy (non-hydrogen) atoms. The second-order valence-electron chi connectivity index (χ2n) is 6.12. The number of carbonyl (C=O) groups excluding carboxylic acids is 2. The Hall–Kier alpha value is -2.35. The van der Waals surface area contributed by atoms with Crippen molar-refractivity contribution in [2.75, 3.05) is 12.3 Å². The van der Waals surface area contributed by atoms with E-state index in [1.54, 1.807) is 0 Å². The molecule has 1 heterocycles. The average molecular weight is 361 g/mol. The standard InChI is InChI=1S/C17H23N5O2S/c1-11(2)9-18-16(24)19-14(23)10-25-17-21-20-15(22(17)4)13-8-6-5-7-12(13)3/h5-8,11H,9-10H2,1-4H3,(H2,18,19,23,24). The highest BCUT2D eigenvalue weighted by atomic mass is 32.2. The van der Waals surface area contributed by atoms with Crippen molar-refractivity contribution < 1.29 is 9.59 Å². The molecule has 0 fully saturated rings. The Kier molecular flexibility index (Phi) is 6.58. The summed E-state index contributed by atoms with van der Waals surface area (Å²) in [6, 6.07) is 7.45. The van der Waals surface area contributed by atoms with Gasteiger partial charge in [-0.2, -0.15) is 0 Å². The van der Waals surface area contributed by atoms with Crippen LogP contribution in [0.25, 0.3) is 11.4 Å². The summed E-state index contributed by atoms with van der Waals surface area (Å²) < 4.78 is 1.85. The molecule has 3 amide bonds. The number of nitrogens with zero attached hydrogens (tertiary/aromatic N) is 3. The summed E-state index contributed by atoms with van der Waals surface area (Å²) in [5.74, 6) is 0.797. The fraction of sp³-hybridized carbons (Fsp3) is 0.412. The van der Waals surface area contributed by atoms with E-state index in [-0.39, 0.29) is 11.7 Å². The second kappa shape index (κ2) is 8.66. The maximum atomic E-state index is 11.9. The van der Waals surface area contributed by atoms with E-state index in [2.05, 4.69) is 20.8 Å². The summed E-state index contributed by atoms with van der Waals surface area (Å²) in [4.78, 5) is 23.4. The summed E-state index contributed by atoms with van der Waals surface area (Å²) in [6.45, 7) is 6.51. The van der Waals surface area contributed by atoms with Crippen LogP contribution >= 0.6 is 11.8 Å². The molecule has 0 aliphatic heterocycles. The van der Waals surface area contributed by atoms with Gasteiger partial charge in [0.25, 0.3) is 0 Å². The van der Waals surface area contributed by atoms with Gasteiger partial charge in [0.05, 0.1) is 5.75 Å². The number of benzene rings is 1. The zero-order valence-corrected chi connectivity index (χ0v) is 15.7. The van der Waals surface area contributed by atoms with Crippen LogP contribution in [-0.4, -0.2) is 39.0 Å². The van der Waals surface area contributed by atoms with Gasteiger partial charge in [-0.1, -0.05) is 49.9 Å². The molecule has 0 unspecified atom stereocenters. The van der Waals surface area contributed by atoms with E-state index in [9.17, 15) is 9.59 Å². The van der Waals surface area contributed by atoms with Crippen LogP contribution in [0.15, 0.2) is 29.4 Å². The van der Waals surface area contributed by atoms with Gasteiger partial charge in [-0.15, -0.1) is 10.2 Å². The van der Waals surface area contributed by atoms with Crippen molar-refractivity contribution in [2.24, 2.45) is 13.0 Å². The van der Waals surface area contributed by atoms with Gasteiger partial charge in [0.1, 0.15) is 0 Å². The largest absolute Gasteiger partial charge is 0.338 e. The van der Waals surface area contributed by atoms with Gasteiger partial charge < -0.3 is 9.88 Å². The van der Waals surface area contributed by atoms with Crippen LogP contribution in [0.3, 0.4) is 0 Å². The van der Waals surface area contributed by atoms with Gasteiger partial charge in [0, 0.05) is 19.2 Å². The van der Waals surface area contributed by atoms with Crippen molar-refractivity contribution in [3.8, 4) is 11.4 Å². The van der Waals surface area contributed by atoms with Crippen LogP contribution in [0, 0.1) is 12.8 Å². The number of aromatic nitrogens is 3. The molecule has 2 aromatic rings. The zero-order valence-electron chi connectivity index (χ0n) is 14.9. The lowest BCUT2D eigenvalue weighted by Crippen LogP contribution is -2.41. The van der Waals surface area contributed by atoms with Gasteiger partial charge in [-0.25, -0.2) is 4.79 Å². The molecule has 0 aliphatic carbocycles. The van der Waals surface area contributed by atoms with E-state index in [0.29, 0.717) is 17.6 Å². The van der Waals surface area contributed by atoms with Crippen LogP contribution in [0.2, 0.25) is 0 Å². The summed E-state index contributed by atoms with van der Waals surface area (Å²) in [7, 11) is 1.86. The summed E-state index contributed by atoms with van der Waals surface area (Å²) >= 11 is 1.24. The van der Waals surface area contributed by atoms with Gasteiger partial charge in [-0.05, 0) is 18.4 Å². The van der Waals surface area contributed by atoms with Gasteiger partial charge in [0.15, 0.2) is 11.0 Å². The minimum atomic E-state index is -0.474. The first-order chi connectivity index (χ1) is 11.9. The normalized spacial score (nSPS) is 10.8. The fourth-order valence-electron chi connectivity index (χ4n) is 2.13. The van der Waals surface area contributed by atoms with Crippen LogP contribution in [0.5, 0.6) is 0 Å². The maximum Gasteiger partial charge on any atom is 0.321 e. The van der Waals surface area contributed by atoms with E-state index in [4.69, 9.17) is 0 Å². The van der Waals surface area contributed by atoms with Crippen molar-refractivity contribution in [3.05, 3.63) is 29.8 Å². The topological polar surface area (TPSA) is 88.9 Å². The molecule has 7 nitrogen and oxygen atoms in total. The third-order valence-corrected chi connectivity index (χ3v) is 4.50. The lowest BCUT2D eigenvalue weighted by atomic mass is 10.1. The molecular formula is C17H23N5O2S. The summed E-state index contributed by atoms with van der Waals surface area (Å²) in [5, 5.41) is 13.9. The monoisotopic (exact) mass is 361 g/mol. The summed E-state index contributed by atoms with van der Waals surface area (Å²) in [6.07, 6.45) is 0. The van der Waals surface area contributed by atoms with Crippen molar-refractivity contribution in [2.45, 2.75) is 25.9 Å². The molecule has 0 saturated heterocycles. The summed E-state index contributed by atoms with van der Waals surface area (Å²) in [5.41, 5.74) is 2.11. The van der Waals surface area contributed by atoms with Gasteiger partial charge in [-0.3, -0.25) is 10.1 Å². The highest BCUT2D eigenvalue weighted by Crippen LogP contribution is 2.24. The number of hydrogen-bond donors (Lipinski definition) is 2. The molecule has 0 saturated carbocycles. The molecule has 134 valence electrons. The molecule has 1 aromatic heterocycles. The molecule has 0 bridgehead atoms. The van der Waals surface area contributed by atoms with Gasteiger partial charge in [0.2, 0.25) is 5.91 Å². The molecule has 0 aliphatic rings. The van der Waals surface area contributed by atoms with Crippen LogP contribution in [0.1, 0.15) is 19.4 Å². The number of carbonyl (C=O) groups is 2. The van der Waals surface area contributed by atoms with Crippen molar-refractivity contribution in [1.29, 1.82) is 0 Å². The Bertz CT molecular complexity index is 757. The number of rotatable bonds is 6. The van der Waals surface area contributed by atoms with E-state index < -0.39 is 6.03 Å². The van der Waals surface area contributed by atoms with E-state index in [1.165, 1.54) is 11.8 Å². The molecule has 0 spiro atoms. The average Bonchev–Trinajstić information content (AvgIpc) is 2.92. The molecule has 2 N–H and O–H groups in total. The molecule has 0 atom stereocenters. The van der Waals surface area contributed by atoms with E-state index >= 15 is 0 Å². The Morgan fingerprint density at radius 2 is 1.96 bits per heavy atom. The molecular weight excluding hydrogens is 338 g/mol. The Balaban J connectivity index is 1.93. The Morgan fingerprint density at radius 1 is 1.24 bits per heavy atom. The first-order valence-electron chi connectivity index (χ1n) is 8.04. The number of amides is 3. The number of nitrogens with one attached hydrogen (secondary N) is 2. The maximum absolute atomic E-state index is 11.9. The van der Waals surface area contributed by atoms with E-state index in [0.717, 1.165) is 17.0 Å². The van der Waals surface area contributed by atoms with E-state index in [1.807, 2.05) is 56.7 Å². The molecule has 0 radical (unpaired) electrons. The van der Waals surface area contributed by atoms with Crippen molar-refractivity contribution >= 4 is 23.7 Å². The number of aryl methyl sites for hydroxylation is 1. The van der Waals surface area contributed by atoms with Crippen molar-refractivity contribution in [3.63, 3.8) is 0 Å². The molecule has 8 heteroatoms. The highest BCUT2D eigenvalue weighted by molar-refractivity contribution is 7.99. The third kappa shape index (κ3) is 5.32. The molecule has 2 rings (SSSR count). The quantitative estimate of drug-likeness (QED) is 0.771. The Labute approximate surface area is 151 Å². The first kappa shape index (κ1) is 19.0. The second-order valence-corrected chi connectivity index (χ2v) is 7.06. The Morgan fingerprint density at radius 3 is 2.64 bits per heavy atom. The van der Waals surface area contributed by atoms with Crippen LogP contribution < -0.4 is 10.6 Å². The first-order valence-corrected chi connectivity index (χ1v) is 9.03. The number of thioether (sulfide) groups is 1. The predicted octanol–water partition coefficient (Wildman–Crippen LogP) is 2.36. The zero-order chi connectivity index (χ0) is 18.4. The van der Waals surface area contributed by atoms with Crippen molar-refractivity contribution in [1.82, 2.24) is 25.4 Å². The lowest BCUT2D eigenvalue weighted by molar-refractivity contribution is -0.117. The lowest BCUT2D eigenvalue weighted by Gasteiger charge is -2.08. The minimum absolute atomic E-state index is 0.0921.